The molecular formula is C16H22N2O4. The average Bonchev–Trinajstić information content (AvgIpc) is 2.53. The van der Waals surface area contributed by atoms with Crippen molar-refractivity contribution in [2.45, 2.75) is 26.3 Å². The molecule has 0 saturated carbocycles. The summed E-state index contributed by atoms with van der Waals surface area (Å²) >= 11 is 0. The molecule has 6 heteroatoms. The number of piperidine rings is 1. The second-order valence-corrected chi connectivity index (χ2v) is 5.56. The highest BCUT2D eigenvalue weighted by Crippen LogP contribution is 2.19. The first-order chi connectivity index (χ1) is 10.5. The molecule has 0 atom stereocenters. The van der Waals surface area contributed by atoms with Crippen LogP contribution < -0.4 is 10.1 Å². The smallest absolute Gasteiger partial charge is 0.317 e. The number of likely N-dealkylation sites (tertiary alicyclic amines) is 1. The van der Waals surface area contributed by atoms with Gasteiger partial charge in [-0.25, -0.2) is 4.79 Å². The maximum Gasteiger partial charge on any atom is 0.317 e. The molecule has 1 aliphatic heterocycles. The molecule has 2 N–H and O–H groups in total. The summed E-state index contributed by atoms with van der Waals surface area (Å²) in [5, 5.41) is 11.8. The molecule has 1 aromatic rings. The summed E-state index contributed by atoms with van der Waals surface area (Å²) in [6.07, 6.45) is 1.03. The Hall–Kier alpha value is -2.24. The molecule has 120 valence electrons. The average molecular weight is 306 g/mol. The first-order valence-electron chi connectivity index (χ1n) is 7.40. The number of hydrogen-bond acceptors (Lipinski definition) is 3. The van der Waals surface area contributed by atoms with Gasteiger partial charge in [0, 0.05) is 19.6 Å². The van der Waals surface area contributed by atoms with Gasteiger partial charge in [-0.3, -0.25) is 4.79 Å². The molecule has 2 amide bonds. The van der Waals surface area contributed by atoms with Crippen LogP contribution in [0.3, 0.4) is 0 Å². The van der Waals surface area contributed by atoms with E-state index in [0.29, 0.717) is 32.5 Å². The third kappa shape index (κ3) is 3.90. The standard InChI is InChI=1S/C16H22N2O4/c1-11-3-4-12(9-14(11)22-2)10-17-16(21)18-7-5-13(6-8-18)15(19)20/h3-4,9,13H,5-8,10H2,1-2H3,(H,17,21)(H,19,20). The predicted octanol–water partition coefficient (Wildman–Crippen LogP) is 2.01. The second-order valence-electron chi connectivity index (χ2n) is 5.56. The molecule has 0 aliphatic carbocycles. The summed E-state index contributed by atoms with van der Waals surface area (Å²) in [5.41, 5.74) is 2.02. The highest BCUT2D eigenvalue weighted by atomic mass is 16.5. The third-order valence-corrected chi connectivity index (χ3v) is 4.05. The van der Waals surface area contributed by atoms with Crippen LogP contribution in [-0.4, -0.2) is 42.2 Å². The minimum absolute atomic E-state index is 0.150. The number of aryl methyl sites for hydroxylation is 1. The molecule has 1 aromatic carbocycles. The lowest BCUT2D eigenvalue weighted by molar-refractivity contribution is -0.143. The second kappa shape index (κ2) is 7.15. The Bertz CT molecular complexity index is 551. The quantitative estimate of drug-likeness (QED) is 0.892. The van der Waals surface area contributed by atoms with Gasteiger partial charge in [0.25, 0.3) is 0 Å². The van der Waals surface area contributed by atoms with Gasteiger partial charge in [0.05, 0.1) is 13.0 Å². The number of ether oxygens (including phenoxy) is 1. The molecule has 22 heavy (non-hydrogen) atoms. The summed E-state index contributed by atoms with van der Waals surface area (Å²) in [6, 6.07) is 5.67. The minimum atomic E-state index is -0.771. The Labute approximate surface area is 130 Å². The molecule has 0 aromatic heterocycles. The monoisotopic (exact) mass is 306 g/mol. The molecule has 0 unspecified atom stereocenters. The maximum absolute atomic E-state index is 12.1. The Morgan fingerprint density at radius 1 is 1.36 bits per heavy atom. The highest BCUT2D eigenvalue weighted by molar-refractivity contribution is 5.75. The summed E-state index contributed by atoms with van der Waals surface area (Å²) < 4.78 is 5.26. The fraction of sp³-hybridized carbons (Fsp3) is 0.500. The number of hydrogen-bond donors (Lipinski definition) is 2. The predicted molar refractivity (Wildman–Crippen MR) is 81.9 cm³/mol. The molecule has 0 radical (unpaired) electrons. The number of nitrogens with zero attached hydrogens (tertiary/aromatic N) is 1. The minimum Gasteiger partial charge on any atom is -0.496 e. The zero-order valence-electron chi connectivity index (χ0n) is 13.0. The van der Waals surface area contributed by atoms with Crippen LogP contribution in [0.15, 0.2) is 18.2 Å². The number of amides is 2. The van der Waals surface area contributed by atoms with Crippen molar-refractivity contribution in [3.63, 3.8) is 0 Å². The van der Waals surface area contributed by atoms with Gasteiger partial charge in [0.15, 0.2) is 0 Å². The van der Waals surface area contributed by atoms with Crippen molar-refractivity contribution in [2.75, 3.05) is 20.2 Å². The van der Waals surface area contributed by atoms with Gasteiger partial charge in [-0.1, -0.05) is 12.1 Å². The summed E-state index contributed by atoms with van der Waals surface area (Å²) in [7, 11) is 1.62. The van der Waals surface area contributed by atoms with Crippen LogP contribution in [0.2, 0.25) is 0 Å². The van der Waals surface area contributed by atoms with Crippen LogP contribution in [0.25, 0.3) is 0 Å². The maximum atomic E-state index is 12.1. The van der Waals surface area contributed by atoms with Crippen LogP contribution >= 0.6 is 0 Å². The summed E-state index contributed by atoms with van der Waals surface area (Å²) in [4.78, 5) is 24.7. The summed E-state index contributed by atoms with van der Waals surface area (Å²) in [5.74, 6) is -0.300. The Morgan fingerprint density at radius 2 is 2.05 bits per heavy atom. The van der Waals surface area contributed by atoms with Crippen LogP contribution in [0.5, 0.6) is 5.75 Å². The molecule has 1 heterocycles. The van der Waals surface area contributed by atoms with Crippen LogP contribution in [0, 0.1) is 12.8 Å². The van der Waals surface area contributed by atoms with E-state index >= 15 is 0 Å². The number of benzene rings is 1. The van der Waals surface area contributed by atoms with Gasteiger partial charge in [0.1, 0.15) is 5.75 Å². The lowest BCUT2D eigenvalue weighted by atomic mass is 9.97. The number of aliphatic carboxylic acids is 1. The van der Waals surface area contributed by atoms with Gasteiger partial charge >= 0.3 is 12.0 Å². The zero-order chi connectivity index (χ0) is 16.1. The molecule has 0 bridgehead atoms. The van der Waals surface area contributed by atoms with Crippen molar-refractivity contribution in [3.05, 3.63) is 29.3 Å². The lowest BCUT2D eigenvalue weighted by Gasteiger charge is -2.30. The van der Waals surface area contributed by atoms with E-state index in [0.717, 1.165) is 16.9 Å². The highest BCUT2D eigenvalue weighted by Gasteiger charge is 2.26. The van der Waals surface area contributed by atoms with E-state index in [1.165, 1.54) is 0 Å². The topological polar surface area (TPSA) is 78.9 Å². The first-order valence-corrected chi connectivity index (χ1v) is 7.40. The number of rotatable bonds is 4. The largest absolute Gasteiger partial charge is 0.496 e. The molecule has 0 spiro atoms. The number of carbonyl (C=O) groups is 2. The van der Waals surface area contributed by atoms with E-state index in [1.807, 2.05) is 25.1 Å². The van der Waals surface area contributed by atoms with Crippen LogP contribution in [0.1, 0.15) is 24.0 Å². The van der Waals surface area contributed by atoms with Gasteiger partial charge in [0.2, 0.25) is 0 Å². The number of urea groups is 1. The van der Waals surface area contributed by atoms with E-state index in [-0.39, 0.29) is 11.9 Å². The number of nitrogens with one attached hydrogen (secondary N) is 1. The normalized spacial score (nSPS) is 15.5. The SMILES string of the molecule is COc1cc(CNC(=O)N2CCC(C(=O)O)CC2)ccc1C. The van der Waals surface area contributed by atoms with Gasteiger partial charge < -0.3 is 20.1 Å². The summed E-state index contributed by atoms with van der Waals surface area (Å²) in [6.45, 7) is 3.36. The van der Waals surface area contributed by atoms with Crippen LogP contribution in [-0.2, 0) is 11.3 Å². The van der Waals surface area contributed by atoms with E-state index < -0.39 is 5.97 Å². The number of carboxylic acids is 1. The number of methoxy groups -OCH3 is 1. The fourth-order valence-electron chi connectivity index (χ4n) is 2.59. The van der Waals surface area contributed by atoms with E-state index in [4.69, 9.17) is 9.84 Å². The van der Waals surface area contributed by atoms with Crippen LogP contribution in [0.4, 0.5) is 4.79 Å². The first kappa shape index (κ1) is 16.1. The van der Waals surface area contributed by atoms with Gasteiger partial charge in [-0.05, 0) is 37.0 Å². The zero-order valence-corrected chi connectivity index (χ0v) is 13.0. The molecule has 1 saturated heterocycles. The van der Waals surface area contributed by atoms with Crippen molar-refractivity contribution in [1.82, 2.24) is 10.2 Å². The van der Waals surface area contributed by atoms with Crippen molar-refractivity contribution in [3.8, 4) is 5.75 Å². The lowest BCUT2D eigenvalue weighted by Crippen LogP contribution is -2.45. The number of carbonyl (C=O) groups excluding carboxylic acids is 1. The molecule has 6 nitrogen and oxygen atoms in total. The van der Waals surface area contributed by atoms with Gasteiger partial charge in [-0.15, -0.1) is 0 Å². The van der Waals surface area contributed by atoms with Gasteiger partial charge in [-0.2, -0.15) is 0 Å². The van der Waals surface area contributed by atoms with Crippen molar-refractivity contribution < 1.29 is 19.4 Å². The third-order valence-electron chi connectivity index (χ3n) is 4.05. The molecule has 1 aliphatic rings. The van der Waals surface area contributed by atoms with E-state index in [9.17, 15) is 9.59 Å². The van der Waals surface area contributed by atoms with E-state index in [1.54, 1.807) is 12.0 Å². The Morgan fingerprint density at radius 3 is 2.64 bits per heavy atom. The Balaban J connectivity index is 1.84. The molecule has 2 rings (SSSR count). The Kier molecular flexibility index (Phi) is 5.25. The van der Waals surface area contributed by atoms with Crippen molar-refractivity contribution in [2.24, 2.45) is 5.92 Å². The molecular weight excluding hydrogens is 284 g/mol. The van der Waals surface area contributed by atoms with Crippen molar-refractivity contribution in [1.29, 1.82) is 0 Å². The number of carboxylic acid groups (broad SMARTS) is 1. The van der Waals surface area contributed by atoms with Crippen molar-refractivity contribution >= 4 is 12.0 Å². The molecule has 1 fully saturated rings. The van der Waals surface area contributed by atoms with E-state index in [2.05, 4.69) is 5.32 Å². The fourth-order valence-corrected chi connectivity index (χ4v) is 2.59.